The Kier molecular flexibility index (Phi) is 13.7. The van der Waals surface area contributed by atoms with Gasteiger partial charge in [0.25, 0.3) is 0 Å². The summed E-state index contributed by atoms with van der Waals surface area (Å²) in [5.41, 5.74) is 0. The number of unbranched alkanes of at least 4 members (excludes halogenated alkanes) is 4. The molecule has 0 unspecified atom stereocenters. The molecule has 0 saturated heterocycles. The molecule has 0 N–H and O–H groups in total. The van der Waals surface area contributed by atoms with Gasteiger partial charge >= 0.3 is 0 Å². The summed E-state index contributed by atoms with van der Waals surface area (Å²) in [4.78, 5) is 10.2. The first-order valence-electron chi connectivity index (χ1n) is 7.42. The van der Waals surface area contributed by atoms with Crippen LogP contribution in [0.4, 0.5) is 0 Å². The van der Waals surface area contributed by atoms with E-state index in [1.807, 2.05) is 0 Å². The highest BCUT2D eigenvalue weighted by Crippen LogP contribution is 2.05. The van der Waals surface area contributed by atoms with Gasteiger partial charge in [0, 0.05) is 5.97 Å². The van der Waals surface area contributed by atoms with Crippen LogP contribution >= 0.6 is 0 Å². The van der Waals surface area contributed by atoms with Crippen LogP contribution in [0.3, 0.4) is 0 Å². The molecular formula is C17H27O2-. The SMILES string of the molecule is CC/C=C\C/C=C\C/C=C\CCCCCCC(=O)[O-]. The number of hydrogen-bond acceptors (Lipinski definition) is 2. The molecule has 2 nitrogen and oxygen atoms in total. The van der Waals surface area contributed by atoms with Gasteiger partial charge in [-0.3, -0.25) is 0 Å². The molecule has 0 aromatic heterocycles. The number of carboxylic acids is 1. The Morgan fingerprint density at radius 1 is 0.842 bits per heavy atom. The van der Waals surface area contributed by atoms with E-state index in [1.54, 1.807) is 0 Å². The van der Waals surface area contributed by atoms with Gasteiger partial charge in [-0.15, -0.1) is 0 Å². The van der Waals surface area contributed by atoms with Crippen molar-refractivity contribution in [3.8, 4) is 0 Å². The van der Waals surface area contributed by atoms with Gasteiger partial charge in [-0.2, -0.15) is 0 Å². The third-order valence-corrected chi connectivity index (χ3v) is 2.78. The van der Waals surface area contributed by atoms with Gasteiger partial charge in [0.15, 0.2) is 0 Å². The molecule has 0 heterocycles. The van der Waals surface area contributed by atoms with E-state index in [2.05, 4.69) is 43.4 Å². The minimum Gasteiger partial charge on any atom is -0.550 e. The van der Waals surface area contributed by atoms with Gasteiger partial charge in [-0.05, 0) is 44.9 Å². The van der Waals surface area contributed by atoms with E-state index in [9.17, 15) is 9.90 Å². The second-order valence-electron chi connectivity index (χ2n) is 4.62. The van der Waals surface area contributed by atoms with Crippen LogP contribution in [0.15, 0.2) is 36.5 Å². The van der Waals surface area contributed by atoms with Crippen LogP contribution in [0.25, 0.3) is 0 Å². The fourth-order valence-electron chi connectivity index (χ4n) is 1.71. The zero-order valence-electron chi connectivity index (χ0n) is 12.1. The smallest absolute Gasteiger partial charge is 0.0414 e. The summed E-state index contributed by atoms with van der Waals surface area (Å²) in [5.74, 6) is -0.930. The second kappa shape index (κ2) is 14.7. The van der Waals surface area contributed by atoms with Crippen LogP contribution in [0.1, 0.15) is 64.7 Å². The van der Waals surface area contributed by atoms with E-state index >= 15 is 0 Å². The Labute approximate surface area is 117 Å². The fourth-order valence-corrected chi connectivity index (χ4v) is 1.71. The minimum absolute atomic E-state index is 0.201. The summed E-state index contributed by atoms with van der Waals surface area (Å²) in [7, 11) is 0. The van der Waals surface area contributed by atoms with Crippen molar-refractivity contribution in [3.63, 3.8) is 0 Å². The molecule has 0 rings (SSSR count). The molecule has 19 heavy (non-hydrogen) atoms. The number of carbonyl (C=O) groups is 1. The van der Waals surface area contributed by atoms with Gasteiger partial charge in [-0.1, -0.05) is 56.2 Å². The highest BCUT2D eigenvalue weighted by Gasteiger charge is 1.89. The summed E-state index contributed by atoms with van der Waals surface area (Å²) < 4.78 is 0. The summed E-state index contributed by atoms with van der Waals surface area (Å²) in [5, 5.41) is 10.2. The number of aliphatic carboxylic acids is 1. The maximum atomic E-state index is 10.2. The standard InChI is InChI=1S/C17H28O2/c1-2-3-4-5-6-7-8-9-10-11-12-13-14-15-16-17(18)19/h3-4,6-7,9-10H,2,5,8,11-16H2,1H3,(H,18,19)/p-1/b4-3-,7-6-,10-9-. The number of carboxylic acid groups (broad SMARTS) is 1. The van der Waals surface area contributed by atoms with Crippen LogP contribution in [-0.2, 0) is 4.79 Å². The lowest BCUT2D eigenvalue weighted by Gasteiger charge is -2.00. The number of allylic oxidation sites excluding steroid dienone is 6. The lowest BCUT2D eigenvalue weighted by atomic mass is 10.1. The van der Waals surface area contributed by atoms with Crippen molar-refractivity contribution in [3.05, 3.63) is 36.5 Å². The van der Waals surface area contributed by atoms with Gasteiger partial charge in [-0.25, -0.2) is 0 Å². The van der Waals surface area contributed by atoms with Gasteiger partial charge in [0.1, 0.15) is 0 Å². The number of carbonyl (C=O) groups excluding carboxylic acids is 1. The molecule has 0 aliphatic heterocycles. The zero-order valence-corrected chi connectivity index (χ0v) is 12.1. The zero-order chi connectivity index (χ0) is 14.2. The van der Waals surface area contributed by atoms with Crippen LogP contribution in [-0.4, -0.2) is 5.97 Å². The summed E-state index contributed by atoms with van der Waals surface area (Å²) >= 11 is 0. The normalized spacial score (nSPS) is 12.1. The monoisotopic (exact) mass is 263 g/mol. The van der Waals surface area contributed by atoms with Crippen molar-refractivity contribution in [2.45, 2.75) is 64.7 Å². The lowest BCUT2D eigenvalue weighted by molar-refractivity contribution is -0.305. The van der Waals surface area contributed by atoms with E-state index in [0.717, 1.165) is 51.4 Å². The van der Waals surface area contributed by atoms with E-state index in [4.69, 9.17) is 0 Å². The maximum Gasteiger partial charge on any atom is 0.0414 e. The molecule has 0 saturated carbocycles. The molecule has 0 radical (unpaired) electrons. The van der Waals surface area contributed by atoms with Crippen molar-refractivity contribution in [2.75, 3.05) is 0 Å². The molecule has 0 spiro atoms. The number of hydrogen-bond donors (Lipinski definition) is 0. The molecule has 0 aromatic carbocycles. The van der Waals surface area contributed by atoms with E-state index in [1.165, 1.54) is 0 Å². The molecule has 108 valence electrons. The second-order valence-corrected chi connectivity index (χ2v) is 4.62. The molecular weight excluding hydrogens is 236 g/mol. The molecule has 2 heteroatoms. The van der Waals surface area contributed by atoms with Gasteiger partial charge in [0.05, 0.1) is 0 Å². The molecule has 0 aromatic rings. The van der Waals surface area contributed by atoms with Crippen molar-refractivity contribution in [1.82, 2.24) is 0 Å². The minimum atomic E-state index is -0.930. The van der Waals surface area contributed by atoms with Crippen LogP contribution < -0.4 is 5.11 Å². The van der Waals surface area contributed by atoms with Crippen LogP contribution in [0.2, 0.25) is 0 Å². The van der Waals surface area contributed by atoms with Gasteiger partial charge in [0.2, 0.25) is 0 Å². The Balaban J connectivity index is 3.25. The quantitative estimate of drug-likeness (QED) is 0.395. The molecule has 0 fully saturated rings. The maximum absolute atomic E-state index is 10.2. The molecule has 0 bridgehead atoms. The van der Waals surface area contributed by atoms with Crippen LogP contribution in [0, 0.1) is 0 Å². The van der Waals surface area contributed by atoms with E-state index < -0.39 is 5.97 Å². The predicted octanol–water partition coefficient (Wildman–Crippen LogP) is 3.94. The summed E-state index contributed by atoms with van der Waals surface area (Å²) in [6, 6.07) is 0. The third kappa shape index (κ3) is 16.7. The van der Waals surface area contributed by atoms with E-state index in [0.29, 0.717) is 0 Å². The lowest BCUT2D eigenvalue weighted by Crippen LogP contribution is -2.21. The van der Waals surface area contributed by atoms with Crippen molar-refractivity contribution >= 4 is 5.97 Å². The number of rotatable bonds is 12. The molecule has 0 atom stereocenters. The van der Waals surface area contributed by atoms with E-state index in [-0.39, 0.29) is 6.42 Å². The first-order chi connectivity index (χ1) is 9.27. The fraction of sp³-hybridized carbons (Fsp3) is 0.588. The third-order valence-electron chi connectivity index (χ3n) is 2.78. The van der Waals surface area contributed by atoms with Crippen molar-refractivity contribution < 1.29 is 9.90 Å². The Bertz CT molecular complexity index is 288. The van der Waals surface area contributed by atoms with Crippen LogP contribution in [0.5, 0.6) is 0 Å². The highest BCUT2D eigenvalue weighted by atomic mass is 16.4. The topological polar surface area (TPSA) is 40.1 Å². The van der Waals surface area contributed by atoms with Gasteiger partial charge < -0.3 is 9.90 Å². The summed E-state index contributed by atoms with van der Waals surface area (Å²) in [6.07, 6.45) is 21.6. The average molecular weight is 263 g/mol. The van der Waals surface area contributed by atoms with Crippen molar-refractivity contribution in [2.24, 2.45) is 0 Å². The molecule has 0 amide bonds. The average Bonchev–Trinajstić information content (AvgIpc) is 2.39. The Morgan fingerprint density at radius 2 is 1.42 bits per heavy atom. The first-order valence-corrected chi connectivity index (χ1v) is 7.42. The van der Waals surface area contributed by atoms with Crippen molar-refractivity contribution in [1.29, 1.82) is 0 Å². The Morgan fingerprint density at radius 3 is 2.05 bits per heavy atom. The molecule has 0 aliphatic rings. The molecule has 0 aliphatic carbocycles. The largest absolute Gasteiger partial charge is 0.550 e. The Hall–Kier alpha value is -1.31. The predicted molar refractivity (Wildman–Crippen MR) is 79.7 cm³/mol. The first kappa shape index (κ1) is 17.7. The highest BCUT2D eigenvalue weighted by molar-refractivity contribution is 5.63. The summed E-state index contributed by atoms with van der Waals surface area (Å²) in [6.45, 7) is 2.14.